The molecule has 6 nitrogen and oxygen atoms in total. The second-order valence-electron chi connectivity index (χ2n) is 9.35. The lowest BCUT2D eigenvalue weighted by molar-refractivity contribution is -0.122. The third-order valence-electron chi connectivity index (χ3n) is 6.89. The zero-order chi connectivity index (χ0) is 27.2. The van der Waals surface area contributed by atoms with Crippen LogP contribution in [0.3, 0.4) is 0 Å². The van der Waals surface area contributed by atoms with E-state index < -0.39 is 11.8 Å². The predicted octanol–water partition coefficient (Wildman–Crippen LogP) is 7.31. The van der Waals surface area contributed by atoms with Crippen LogP contribution in [0, 0.1) is 0 Å². The minimum absolute atomic E-state index is 0.0109. The van der Waals surface area contributed by atoms with Gasteiger partial charge < -0.3 is 9.15 Å². The maximum Gasteiger partial charge on any atom is 0.270 e. The molecule has 0 unspecified atom stereocenters. The first-order valence-electron chi connectivity index (χ1n) is 12.6. The molecular formula is C33H20N2O4S. The number of thiocarbonyl (C=S) groups is 1. The SMILES string of the molecule is O=C1NC(=S)N(c2ccc(Oc3ccccc3)cc2)C(=O)/C1=C/c1c2oc3ccccc3cc-2c2ccccc12. The van der Waals surface area contributed by atoms with Crippen molar-refractivity contribution in [1.29, 1.82) is 0 Å². The van der Waals surface area contributed by atoms with Crippen LogP contribution in [0.2, 0.25) is 0 Å². The van der Waals surface area contributed by atoms with Crippen molar-refractivity contribution >= 4 is 62.6 Å². The van der Waals surface area contributed by atoms with Gasteiger partial charge in [-0.15, -0.1) is 0 Å². The first-order valence-corrected chi connectivity index (χ1v) is 13.0. The average molecular weight is 541 g/mol. The van der Waals surface area contributed by atoms with Gasteiger partial charge in [0, 0.05) is 16.5 Å². The summed E-state index contributed by atoms with van der Waals surface area (Å²) in [5, 5.41) is 5.50. The lowest BCUT2D eigenvalue weighted by atomic mass is 10.1. The lowest BCUT2D eigenvalue weighted by Crippen LogP contribution is -2.54. The van der Waals surface area contributed by atoms with Crippen molar-refractivity contribution in [3.8, 4) is 22.8 Å². The highest BCUT2D eigenvalue weighted by atomic mass is 32.1. The van der Waals surface area contributed by atoms with E-state index in [9.17, 15) is 9.59 Å². The van der Waals surface area contributed by atoms with Crippen LogP contribution in [0.4, 0.5) is 5.69 Å². The molecule has 40 heavy (non-hydrogen) atoms. The number of hydrogen-bond donors (Lipinski definition) is 1. The second-order valence-corrected chi connectivity index (χ2v) is 9.74. The van der Waals surface area contributed by atoms with Crippen LogP contribution in [-0.2, 0) is 9.59 Å². The van der Waals surface area contributed by atoms with Crippen molar-refractivity contribution in [2.75, 3.05) is 4.90 Å². The van der Waals surface area contributed by atoms with Crippen LogP contribution in [0.25, 0.3) is 39.1 Å². The Hall–Kier alpha value is -5.27. The maximum absolute atomic E-state index is 13.8. The van der Waals surface area contributed by atoms with Gasteiger partial charge >= 0.3 is 0 Å². The number of nitrogens with zero attached hydrogens (tertiary/aromatic N) is 1. The number of nitrogens with one attached hydrogen (secondary N) is 1. The van der Waals surface area contributed by atoms with Gasteiger partial charge in [-0.2, -0.15) is 0 Å². The largest absolute Gasteiger partial charge is 0.457 e. The molecule has 1 saturated heterocycles. The quantitative estimate of drug-likeness (QED) is 0.144. The summed E-state index contributed by atoms with van der Waals surface area (Å²) in [6, 6.07) is 34.0. The van der Waals surface area contributed by atoms with Crippen molar-refractivity contribution < 1.29 is 18.7 Å². The number of anilines is 1. The van der Waals surface area contributed by atoms with Crippen molar-refractivity contribution in [2.45, 2.75) is 0 Å². The first kappa shape index (κ1) is 23.8. The molecular weight excluding hydrogens is 520 g/mol. The summed E-state index contributed by atoms with van der Waals surface area (Å²) in [4.78, 5) is 28.2. The average Bonchev–Trinajstić information content (AvgIpc) is 3.27. The zero-order valence-electron chi connectivity index (χ0n) is 21.0. The maximum atomic E-state index is 13.8. The number of fused-ring (bicyclic) bond motifs is 4. The summed E-state index contributed by atoms with van der Waals surface area (Å²) >= 11 is 5.41. The fourth-order valence-corrected chi connectivity index (χ4v) is 5.30. The van der Waals surface area contributed by atoms with Crippen LogP contribution in [0.5, 0.6) is 11.5 Å². The molecule has 4 aromatic rings. The summed E-state index contributed by atoms with van der Waals surface area (Å²) in [7, 11) is 0. The van der Waals surface area contributed by atoms with Gasteiger partial charge in [0.2, 0.25) is 0 Å². The van der Waals surface area contributed by atoms with E-state index in [0.29, 0.717) is 34.1 Å². The van der Waals surface area contributed by atoms with E-state index in [1.807, 2.05) is 78.9 Å². The molecule has 0 spiro atoms. The first-order chi connectivity index (χ1) is 19.6. The number of carbonyl (C=O) groups is 2. The fourth-order valence-electron chi connectivity index (χ4n) is 5.02. The second kappa shape index (κ2) is 9.48. The zero-order valence-corrected chi connectivity index (χ0v) is 21.8. The van der Waals surface area contributed by atoms with Crippen molar-refractivity contribution in [2.24, 2.45) is 0 Å². The van der Waals surface area contributed by atoms with E-state index in [2.05, 4.69) is 11.4 Å². The summed E-state index contributed by atoms with van der Waals surface area (Å²) in [5.74, 6) is 0.827. The number of hydrogen-bond acceptors (Lipinski definition) is 5. The summed E-state index contributed by atoms with van der Waals surface area (Å²) in [6.07, 6.45) is 1.60. The lowest BCUT2D eigenvalue weighted by Gasteiger charge is -2.29. The van der Waals surface area contributed by atoms with Crippen LogP contribution in [0.1, 0.15) is 5.56 Å². The topological polar surface area (TPSA) is 71.8 Å². The Morgan fingerprint density at radius 1 is 0.775 bits per heavy atom. The predicted molar refractivity (Wildman–Crippen MR) is 160 cm³/mol. The fraction of sp³-hybridized carbons (Fsp3) is 0. The smallest absolute Gasteiger partial charge is 0.270 e. The molecule has 1 fully saturated rings. The summed E-state index contributed by atoms with van der Waals surface area (Å²) in [5.41, 5.74) is 2.75. The molecule has 192 valence electrons. The van der Waals surface area contributed by atoms with Crippen molar-refractivity contribution in [3.63, 3.8) is 0 Å². The molecule has 0 aromatic heterocycles. The van der Waals surface area contributed by atoms with Gasteiger partial charge in [-0.3, -0.25) is 19.8 Å². The summed E-state index contributed by atoms with van der Waals surface area (Å²) < 4.78 is 12.2. The van der Waals surface area contributed by atoms with Gasteiger partial charge in [-0.1, -0.05) is 60.7 Å². The number of benzene rings is 4. The van der Waals surface area contributed by atoms with Crippen LogP contribution in [-0.4, -0.2) is 16.9 Å². The number of amides is 2. The third-order valence-corrected chi connectivity index (χ3v) is 7.18. The van der Waals surface area contributed by atoms with Gasteiger partial charge in [-0.25, -0.2) is 0 Å². The molecule has 7 heteroatoms. The molecule has 0 atom stereocenters. The summed E-state index contributed by atoms with van der Waals surface area (Å²) in [6.45, 7) is 0. The molecule has 7 rings (SSSR count). The van der Waals surface area contributed by atoms with E-state index in [4.69, 9.17) is 21.4 Å². The van der Waals surface area contributed by atoms with Gasteiger partial charge in [0.15, 0.2) is 5.11 Å². The van der Waals surface area contributed by atoms with Crippen LogP contribution in [0.15, 0.2) is 119 Å². The van der Waals surface area contributed by atoms with Gasteiger partial charge in [0.05, 0.1) is 5.69 Å². The Labute approximate surface area is 234 Å². The molecule has 2 heterocycles. The molecule has 4 aromatic carbocycles. The number of rotatable bonds is 4. The van der Waals surface area contributed by atoms with Gasteiger partial charge in [0.25, 0.3) is 11.8 Å². The molecule has 0 radical (unpaired) electrons. The monoisotopic (exact) mass is 540 g/mol. The van der Waals surface area contributed by atoms with E-state index >= 15 is 0 Å². The van der Waals surface area contributed by atoms with Crippen molar-refractivity contribution in [1.82, 2.24) is 5.32 Å². The van der Waals surface area contributed by atoms with Crippen LogP contribution < -0.4 is 15.0 Å². The minimum atomic E-state index is -0.561. The van der Waals surface area contributed by atoms with Crippen molar-refractivity contribution in [3.05, 3.63) is 120 Å². The molecule has 0 saturated carbocycles. The highest BCUT2D eigenvalue weighted by molar-refractivity contribution is 7.80. The Bertz CT molecular complexity index is 1960. The molecule has 3 aliphatic rings. The Morgan fingerprint density at radius 3 is 2.25 bits per heavy atom. The number of ether oxygens (including phenoxy) is 1. The molecule has 2 aliphatic heterocycles. The number of carbonyl (C=O) groups excluding carboxylic acids is 2. The molecule has 0 bridgehead atoms. The highest BCUT2D eigenvalue weighted by Crippen LogP contribution is 2.42. The number of para-hydroxylation sites is 2. The molecule has 2 amide bonds. The van der Waals surface area contributed by atoms with E-state index in [-0.39, 0.29) is 10.7 Å². The molecule has 1 N–H and O–H groups in total. The Balaban J connectivity index is 1.30. The van der Waals surface area contributed by atoms with E-state index in [1.54, 1.807) is 30.3 Å². The third kappa shape index (κ3) is 4.00. The normalized spacial score (nSPS) is 14.8. The Kier molecular flexibility index (Phi) is 5.65. The standard InChI is InChI=1S/C33H20N2O4S/c36-31-28(19-27-25-12-6-5-11-24(25)26-18-20-8-4-7-13-29(20)39-30(26)27)32(37)35(33(40)34-31)21-14-16-23(17-15-21)38-22-9-2-1-3-10-22/h1-19H,(H,34,36,40)/b28-19+. The van der Waals surface area contributed by atoms with Crippen LogP contribution >= 0.6 is 12.2 Å². The minimum Gasteiger partial charge on any atom is -0.457 e. The van der Waals surface area contributed by atoms with Gasteiger partial charge in [-0.05, 0) is 77.6 Å². The highest BCUT2D eigenvalue weighted by Gasteiger charge is 2.35. The molecule has 1 aliphatic carbocycles. The van der Waals surface area contributed by atoms with E-state index in [0.717, 1.165) is 21.7 Å². The van der Waals surface area contributed by atoms with Gasteiger partial charge in [0.1, 0.15) is 28.4 Å². The van der Waals surface area contributed by atoms with E-state index in [1.165, 1.54) is 4.90 Å². The Morgan fingerprint density at radius 2 is 1.45 bits per heavy atom.